The van der Waals surface area contributed by atoms with Crippen LogP contribution >= 0.6 is 0 Å². The van der Waals surface area contributed by atoms with Crippen LogP contribution in [0.5, 0.6) is 17.2 Å². The van der Waals surface area contributed by atoms with Crippen LogP contribution in [0.4, 0.5) is 15.8 Å². The number of carbonyl (C=O) groups is 2. The number of carbonyl (C=O) groups excluding carboxylic acids is 2. The fourth-order valence-electron chi connectivity index (χ4n) is 4.49. The first-order chi connectivity index (χ1) is 20.4. The molecular formula is C31H25FN4O6. The number of amides is 2. The van der Waals surface area contributed by atoms with Gasteiger partial charge in [-0.2, -0.15) is 0 Å². The van der Waals surface area contributed by atoms with E-state index in [0.29, 0.717) is 63.8 Å². The predicted molar refractivity (Wildman–Crippen MR) is 152 cm³/mol. The molecule has 1 aliphatic rings. The van der Waals surface area contributed by atoms with Crippen molar-refractivity contribution >= 4 is 34.1 Å². The van der Waals surface area contributed by atoms with Crippen LogP contribution in [-0.2, 0) is 9.59 Å². The average molecular weight is 569 g/mol. The molecular weight excluding hydrogens is 543 g/mol. The lowest BCUT2D eigenvalue weighted by Gasteiger charge is -2.16. The number of hydrogen-bond donors (Lipinski definition) is 3. The van der Waals surface area contributed by atoms with Gasteiger partial charge in [0.1, 0.15) is 41.4 Å². The van der Waals surface area contributed by atoms with Gasteiger partial charge >= 0.3 is 0 Å². The highest BCUT2D eigenvalue weighted by Gasteiger charge is 2.56. The maximum atomic E-state index is 13.2. The number of benzene rings is 3. The molecule has 10 nitrogen and oxygen atoms in total. The number of nitrogens with one attached hydrogen (secondary N) is 2. The number of pyridine rings is 1. The van der Waals surface area contributed by atoms with E-state index in [9.17, 15) is 19.1 Å². The molecule has 6 rings (SSSR count). The van der Waals surface area contributed by atoms with Crippen molar-refractivity contribution in [2.24, 2.45) is 5.41 Å². The number of anilines is 2. The summed E-state index contributed by atoms with van der Waals surface area (Å²) in [5, 5.41) is 15.4. The zero-order chi connectivity index (χ0) is 29.1. The summed E-state index contributed by atoms with van der Waals surface area (Å²) in [5.41, 5.74) is 0.944. The van der Waals surface area contributed by atoms with Gasteiger partial charge in [0.2, 0.25) is 17.7 Å². The molecule has 0 radical (unpaired) electrons. The van der Waals surface area contributed by atoms with Gasteiger partial charge in [0.15, 0.2) is 0 Å². The van der Waals surface area contributed by atoms with Crippen molar-refractivity contribution in [2.75, 3.05) is 23.8 Å². The minimum Gasteiger partial charge on any atom is -0.490 e. The molecule has 2 amide bonds. The molecule has 2 heterocycles. The minimum atomic E-state index is -1.17. The summed E-state index contributed by atoms with van der Waals surface area (Å²) >= 11 is 0. The predicted octanol–water partition coefficient (Wildman–Crippen LogP) is 5.55. The van der Waals surface area contributed by atoms with Crippen LogP contribution in [0.2, 0.25) is 0 Å². The highest BCUT2D eigenvalue weighted by atomic mass is 19.1. The first-order valence-corrected chi connectivity index (χ1v) is 13.2. The highest BCUT2D eigenvalue weighted by Crippen LogP contribution is 2.47. The van der Waals surface area contributed by atoms with Gasteiger partial charge in [-0.1, -0.05) is 0 Å². The molecule has 0 unspecified atom stereocenters. The van der Waals surface area contributed by atoms with Crippen molar-refractivity contribution in [1.82, 2.24) is 9.97 Å². The Bertz CT molecular complexity index is 1740. The monoisotopic (exact) mass is 568 g/mol. The molecule has 0 atom stereocenters. The van der Waals surface area contributed by atoms with Gasteiger partial charge in [-0.3, -0.25) is 14.6 Å². The lowest BCUT2D eigenvalue weighted by molar-refractivity contribution is -0.131. The van der Waals surface area contributed by atoms with Crippen molar-refractivity contribution in [2.45, 2.75) is 12.8 Å². The Hall–Kier alpha value is -5.29. The van der Waals surface area contributed by atoms with Gasteiger partial charge in [-0.05, 0) is 73.5 Å². The summed E-state index contributed by atoms with van der Waals surface area (Å²) in [5.74, 6) is 0.592. The molecule has 3 N–H and O–H groups in total. The zero-order valence-corrected chi connectivity index (χ0v) is 22.2. The molecule has 0 aliphatic heterocycles. The summed E-state index contributed by atoms with van der Waals surface area (Å²) in [7, 11) is 0. The van der Waals surface area contributed by atoms with Crippen LogP contribution in [0.3, 0.4) is 0 Å². The van der Waals surface area contributed by atoms with E-state index in [2.05, 4.69) is 20.6 Å². The zero-order valence-electron chi connectivity index (χ0n) is 22.2. The molecule has 212 valence electrons. The number of aromatic nitrogens is 2. The minimum absolute atomic E-state index is 0.0956. The summed E-state index contributed by atoms with van der Waals surface area (Å²) < 4.78 is 30.5. The van der Waals surface area contributed by atoms with E-state index in [-0.39, 0.29) is 13.2 Å². The van der Waals surface area contributed by atoms with Crippen LogP contribution in [-0.4, -0.2) is 40.1 Å². The summed E-state index contributed by atoms with van der Waals surface area (Å²) in [4.78, 5) is 34.5. The molecule has 42 heavy (non-hydrogen) atoms. The van der Waals surface area contributed by atoms with E-state index in [1.807, 2.05) is 0 Å². The first kappa shape index (κ1) is 26.9. The Morgan fingerprint density at radius 2 is 1.60 bits per heavy atom. The fourth-order valence-corrected chi connectivity index (χ4v) is 4.49. The van der Waals surface area contributed by atoms with Crippen LogP contribution in [0.1, 0.15) is 12.8 Å². The van der Waals surface area contributed by atoms with E-state index >= 15 is 0 Å². The van der Waals surface area contributed by atoms with E-state index in [1.165, 1.54) is 36.7 Å². The lowest BCUT2D eigenvalue weighted by atomic mass is 10.0. The van der Waals surface area contributed by atoms with Gasteiger partial charge in [-0.15, -0.1) is 0 Å². The Labute approximate surface area is 239 Å². The molecule has 0 spiro atoms. The van der Waals surface area contributed by atoms with E-state index in [0.717, 1.165) is 0 Å². The first-order valence-electron chi connectivity index (χ1n) is 13.2. The number of rotatable bonds is 10. The number of halogens is 1. The molecule has 0 saturated heterocycles. The van der Waals surface area contributed by atoms with Gasteiger partial charge in [-0.25, -0.2) is 9.37 Å². The van der Waals surface area contributed by atoms with Crippen LogP contribution in [0.15, 0.2) is 89.8 Å². The standard InChI is InChI=1S/C31H25FN4O6/c32-19-1-3-20(4-2-19)35-29(38)31(10-11-31)30(39)36-21-5-7-22(8-6-21)42-26-9-12-33-25-18-27(40-16-14-37)24(17-23(25)26)28-34-13-15-41-28/h1-9,12-13,15,17-18,37H,10-11,14,16H2,(H,35,38)(H,36,39). The van der Waals surface area contributed by atoms with Gasteiger partial charge < -0.3 is 29.6 Å². The Balaban J connectivity index is 1.17. The second-order valence-corrected chi connectivity index (χ2v) is 9.71. The quantitative estimate of drug-likeness (QED) is 0.187. The number of hydrogen-bond acceptors (Lipinski definition) is 8. The Kier molecular flexibility index (Phi) is 7.24. The normalized spacial score (nSPS) is 13.4. The van der Waals surface area contributed by atoms with Crippen molar-refractivity contribution in [3.05, 3.63) is 91.2 Å². The van der Waals surface area contributed by atoms with E-state index in [1.54, 1.807) is 48.7 Å². The number of ether oxygens (including phenoxy) is 2. The molecule has 1 saturated carbocycles. The number of aliphatic hydroxyl groups is 1. The molecule has 11 heteroatoms. The third kappa shape index (κ3) is 5.50. The highest BCUT2D eigenvalue weighted by molar-refractivity contribution is 6.16. The van der Waals surface area contributed by atoms with E-state index < -0.39 is 23.0 Å². The molecule has 2 aromatic heterocycles. The SMILES string of the molecule is O=C(Nc1ccc(F)cc1)C1(C(=O)Nc2ccc(Oc3ccnc4cc(OCCO)c(-c5ncco5)cc34)cc2)CC1. The maximum absolute atomic E-state index is 13.2. The van der Waals surface area contributed by atoms with Gasteiger partial charge in [0.05, 0.1) is 23.9 Å². The number of oxazole rings is 1. The molecule has 5 aromatic rings. The molecule has 1 aliphatic carbocycles. The van der Waals surface area contributed by atoms with Crippen LogP contribution in [0, 0.1) is 11.2 Å². The second-order valence-electron chi connectivity index (χ2n) is 9.71. The van der Waals surface area contributed by atoms with Crippen molar-refractivity contribution in [3.63, 3.8) is 0 Å². The Morgan fingerprint density at radius 3 is 2.21 bits per heavy atom. The largest absolute Gasteiger partial charge is 0.490 e. The molecule has 3 aromatic carbocycles. The number of nitrogens with zero attached hydrogens (tertiary/aromatic N) is 2. The number of aliphatic hydroxyl groups excluding tert-OH is 1. The van der Waals surface area contributed by atoms with Crippen LogP contribution in [0.25, 0.3) is 22.4 Å². The van der Waals surface area contributed by atoms with Crippen LogP contribution < -0.4 is 20.1 Å². The molecule has 1 fully saturated rings. The lowest BCUT2D eigenvalue weighted by Crippen LogP contribution is -2.35. The summed E-state index contributed by atoms with van der Waals surface area (Å²) in [6.07, 6.45) is 5.44. The third-order valence-electron chi connectivity index (χ3n) is 6.88. The van der Waals surface area contributed by atoms with Crippen molar-refractivity contribution in [3.8, 4) is 28.7 Å². The van der Waals surface area contributed by atoms with Gasteiger partial charge in [0, 0.05) is 29.0 Å². The van der Waals surface area contributed by atoms with Gasteiger partial charge in [0.25, 0.3) is 0 Å². The topological polar surface area (TPSA) is 136 Å². The van der Waals surface area contributed by atoms with E-state index in [4.69, 9.17) is 13.9 Å². The fraction of sp³-hybridized carbons (Fsp3) is 0.161. The molecule has 0 bridgehead atoms. The smallest absolute Gasteiger partial charge is 0.240 e. The summed E-state index contributed by atoms with van der Waals surface area (Å²) in [6.45, 7) is -0.0569. The number of fused-ring (bicyclic) bond motifs is 1. The Morgan fingerprint density at radius 1 is 0.905 bits per heavy atom. The maximum Gasteiger partial charge on any atom is 0.240 e. The second kappa shape index (κ2) is 11.3. The summed E-state index contributed by atoms with van der Waals surface area (Å²) in [6, 6.07) is 17.4. The van der Waals surface area contributed by atoms with Crippen molar-refractivity contribution < 1.29 is 33.0 Å². The average Bonchev–Trinajstić information content (AvgIpc) is 3.65. The third-order valence-corrected chi connectivity index (χ3v) is 6.88. The van der Waals surface area contributed by atoms with Crippen molar-refractivity contribution in [1.29, 1.82) is 0 Å².